The van der Waals surface area contributed by atoms with Gasteiger partial charge in [0.15, 0.2) is 5.84 Å². The molecule has 0 aliphatic heterocycles. The molecule has 10 heteroatoms. The zero-order valence-corrected chi connectivity index (χ0v) is 14.4. The number of ether oxygens (including phenoxy) is 1. The third-order valence-electron chi connectivity index (χ3n) is 2.94. The monoisotopic (exact) mass is 406 g/mol. The Balaban J connectivity index is 1.97. The summed E-state index contributed by atoms with van der Waals surface area (Å²) in [5.74, 6) is -1.04. The zero-order chi connectivity index (χ0) is 19.3. The number of nitrogens with two attached hydrogens (primary N) is 1. The number of amidine groups is 1. The third-order valence-corrected chi connectivity index (χ3v) is 3.47. The first kappa shape index (κ1) is 19.9. The van der Waals surface area contributed by atoms with Gasteiger partial charge in [-0.15, -0.1) is 0 Å². The summed E-state index contributed by atoms with van der Waals surface area (Å²) in [4.78, 5) is 16.3. The summed E-state index contributed by atoms with van der Waals surface area (Å²) in [6.07, 6.45) is -4.58. The van der Waals surface area contributed by atoms with E-state index in [1.54, 1.807) is 6.07 Å². The van der Waals surface area contributed by atoms with Gasteiger partial charge in [0, 0.05) is 5.02 Å². The van der Waals surface area contributed by atoms with E-state index in [-0.39, 0.29) is 28.8 Å². The molecule has 2 N–H and O–H groups in total. The number of halogens is 5. The van der Waals surface area contributed by atoms with Crippen LogP contribution in [0.15, 0.2) is 47.6 Å². The lowest BCUT2D eigenvalue weighted by atomic mass is 10.1. The molecule has 0 bridgehead atoms. The summed E-state index contributed by atoms with van der Waals surface area (Å²) in [6.45, 7) is -0.267. The Kier molecular flexibility index (Phi) is 6.33. The van der Waals surface area contributed by atoms with Crippen LogP contribution in [0.5, 0.6) is 5.75 Å². The summed E-state index contributed by atoms with van der Waals surface area (Å²) < 4.78 is 43.2. The van der Waals surface area contributed by atoms with E-state index in [1.807, 2.05) is 0 Å². The van der Waals surface area contributed by atoms with Crippen molar-refractivity contribution in [3.63, 3.8) is 0 Å². The molecule has 0 atom stereocenters. The van der Waals surface area contributed by atoms with Crippen LogP contribution >= 0.6 is 23.2 Å². The van der Waals surface area contributed by atoms with Gasteiger partial charge in [-0.2, -0.15) is 13.2 Å². The number of carbonyl (C=O) groups is 1. The maximum Gasteiger partial charge on any atom is 0.416 e. The topological polar surface area (TPSA) is 73.9 Å². The Morgan fingerprint density at radius 2 is 1.88 bits per heavy atom. The van der Waals surface area contributed by atoms with Crippen LogP contribution < -0.4 is 10.5 Å². The highest BCUT2D eigenvalue weighted by Gasteiger charge is 2.31. The highest BCUT2D eigenvalue weighted by molar-refractivity contribution is 6.35. The number of benzene rings is 2. The van der Waals surface area contributed by atoms with Gasteiger partial charge < -0.3 is 15.3 Å². The average molecular weight is 407 g/mol. The maximum atomic E-state index is 12.6. The molecule has 0 unspecified atom stereocenters. The number of carbonyl (C=O) groups excluding carboxylic acids is 1. The summed E-state index contributed by atoms with van der Waals surface area (Å²) in [5.41, 5.74) is 4.22. The molecule has 0 spiro atoms. The van der Waals surface area contributed by atoms with Crippen molar-refractivity contribution < 1.29 is 27.5 Å². The minimum atomic E-state index is -4.58. The number of rotatable bonds is 5. The van der Waals surface area contributed by atoms with Crippen LogP contribution in [0, 0.1) is 0 Å². The highest BCUT2D eigenvalue weighted by Crippen LogP contribution is 2.30. The zero-order valence-electron chi connectivity index (χ0n) is 12.9. The first-order valence-corrected chi connectivity index (χ1v) is 7.71. The summed E-state index contributed by atoms with van der Waals surface area (Å²) in [5, 5.41) is 3.98. The van der Waals surface area contributed by atoms with E-state index >= 15 is 0 Å². The fraction of sp³-hybridized carbons (Fsp3) is 0.125. The van der Waals surface area contributed by atoms with E-state index in [4.69, 9.17) is 33.7 Å². The van der Waals surface area contributed by atoms with Crippen molar-refractivity contribution >= 4 is 35.0 Å². The molecule has 0 fully saturated rings. The van der Waals surface area contributed by atoms with Gasteiger partial charge in [0.05, 0.1) is 16.1 Å². The molecule has 0 saturated heterocycles. The number of alkyl halides is 3. The lowest BCUT2D eigenvalue weighted by molar-refractivity contribution is -0.137. The van der Waals surface area contributed by atoms with Gasteiger partial charge in [-0.3, -0.25) is 0 Å². The SMILES string of the molecule is N/C(COc1ccc(Cl)cc1Cl)=N/OC(=O)c1cccc(C(F)(F)F)c1. The molecule has 0 radical (unpaired) electrons. The van der Waals surface area contributed by atoms with Crippen molar-refractivity contribution in [2.75, 3.05) is 6.61 Å². The standard InChI is InChI=1S/C16H11Cl2F3N2O3/c17-11-4-5-13(12(18)7-11)25-8-14(22)23-26-15(24)9-2-1-3-10(6-9)16(19,20)21/h1-7H,8H2,(H2,22,23). The second-order valence-corrected chi connectivity index (χ2v) is 5.75. The van der Waals surface area contributed by atoms with E-state index in [2.05, 4.69) is 9.99 Å². The molecule has 138 valence electrons. The Morgan fingerprint density at radius 3 is 2.54 bits per heavy atom. The van der Waals surface area contributed by atoms with Crippen molar-refractivity contribution in [2.24, 2.45) is 10.9 Å². The number of hydrogen-bond donors (Lipinski definition) is 1. The molecule has 5 nitrogen and oxygen atoms in total. The minimum absolute atomic E-state index is 0.226. The Hall–Kier alpha value is -2.45. The summed E-state index contributed by atoms with van der Waals surface area (Å²) in [7, 11) is 0. The number of nitrogens with zero attached hydrogens (tertiary/aromatic N) is 1. The van der Waals surface area contributed by atoms with Gasteiger partial charge in [-0.05, 0) is 36.4 Å². The van der Waals surface area contributed by atoms with Crippen LogP contribution in [0.3, 0.4) is 0 Å². The summed E-state index contributed by atoms with van der Waals surface area (Å²) in [6, 6.07) is 8.23. The third kappa shape index (κ3) is 5.53. The molecule has 2 rings (SSSR count). The van der Waals surface area contributed by atoms with Crippen LogP contribution in [0.4, 0.5) is 13.2 Å². The van der Waals surface area contributed by atoms with Gasteiger partial charge in [0.2, 0.25) is 0 Å². The molecule has 0 aromatic heterocycles. The lowest BCUT2D eigenvalue weighted by Gasteiger charge is -2.08. The first-order valence-electron chi connectivity index (χ1n) is 6.95. The number of oxime groups is 1. The quantitative estimate of drug-likeness (QED) is 0.342. The molecule has 0 amide bonds. The van der Waals surface area contributed by atoms with Crippen molar-refractivity contribution in [3.8, 4) is 5.75 Å². The van der Waals surface area contributed by atoms with Crippen molar-refractivity contribution in [1.82, 2.24) is 0 Å². The number of hydrogen-bond acceptors (Lipinski definition) is 4. The molecular formula is C16H11Cl2F3N2O3. The average Bonchev–Trinajstić information content (AvgIpc) is 2.58. The molecule has 2 aromatic rings. The van der Waals surface area contributed by atoms with Crippen LogP contribution in [0.25, 0.3) is 0 Å². The van der Waals surface area contributed by atoms with Crippen molar-refractivity contribution in [1.29, 1.82) is 0 Å². The van der Waals surface area contributed by atoms with Gasteiger partial charge in [0.1, 0.15) is 12.4 Å². The molecule has 26 heavy (non-hydrogen) atoms. The van der Waals surface area contributed by atoms with E-state index in [0.29, 0.717) is 11.1 Å². The van der Waals surface area contributed by atoms with E-state index in [0.717, 1.165) is 18.2 Å². The van der Waals surface area contributed by atoms with Crippen molar-refractivity contribution in [3.05, 3.63) is 63.6 Å². The summed E-state index contributed by atoms with van der Waals surface area (Å²) >= 11 is 11.7. The molecule has 0 saturated carbocycles. The lowest BCUT2D eigenvalue weighted by Crippen LogP contribution is -2.22. The predicted molar refractivity (Wildman–Crippen MR) is 90.4 cm³/mol. The molecule has 0 aliphatic rings. The van der Waals surface area contributed by atoms with Gasteiger partial charge >= 0.3 is 12.1 Å². The maximum absolute atomic E-state index is 12.6. The second-order valence-electron chi connectivity index (χ2n) is 4.90. The van der Waals surface area contributed by atoms with Gasteiger partial charge in [0.25, 0.3) is 0 Å². The minimum Gasteiger partial charge on any atom is -0.484 e. The fourth-order valence-corrected chi connectivity index (χ4v) is 2.21. The van der Waals surface area contributed by atoms with Crippen LogP contribution in [-0.2, 0) is 11.0 Å². The molecule has 0 heterocycles. The van der Waals surface area contributed by atoms with Crippen LogP contribution in [-0.4, -0.2) is 18.4 Å². The first-order chi connectivity index (χ1) is 12.2. The molecule has 0 aliphatic carbocycles. The Morgan fingerprint density at radius 1 is 1.15 bits per heavy atom. The van der Waals surface area contributed by atoms with E-state index in [9.17, 15) is 18.0 Å². The van der Waals surface area contributed by atoms with Gasteiger partial charge in [-0.1, -0.05) is 34.4 Å². The van der Waals surface area contributed by atoms with Crippen LogP contribution in [0.1, 0.15) is 15.9 Å². The molecule has 2 aromatic carbocycles. The van der Waals surface area contributed by atoms with E-state index < -0.39 is 17.7 Å². The van der Waals surface area contributed by atoms with Gasteiger partial charge in [-0.25, -0.2) is 4.79 Å². The normalized spacial score (nSPS) is 12.0. The Labute approximate surface area is 156 Å². The Bertz CT molecular complexity index is 842. The smallest absolute Gasteiger partial charge is 0.416 e. The highest BCUT2D eigenvalue weighted by atomic mass is 35.5. The predicted octanol–water partition coefficient (Wildman–Crippen LogP) is 4.52. The van der Waals surface area contributed by atoms with Crippen molar-refractivity contribution in [2.45, 2.75) is 6.18 Å². The van der Waals surface area contributed by atoms with Crippen LogP contribution in [0.2, 0.25) is 10.0 Å². The largest absolute Gasteiger partial charge is 0.484 e. The fourth-order valence-electron chi connectivity index (χ4n) is 1.75. The second kappa shape index (κ2) is 8.29. The van der Waals surface area contributed by atoms with E-state index in [1.165, 1.54) is 12.1 Å². The molecular weight excluding hydrogens is 396 g/mol.